The van der Waals surface area contributed by atoms with Crippen LogP contribution in [-0.4, -0.2) is 48.9 Å². The van der Waals surface area contributed by atoms with Crippen LogP contribution in [0.25, 0.3) is 0 Å². The summed E-state index contributed by atoms with van der Waals surface area (Å²) in [6.07, 6.45) is 36.1. The molecule has 0 aromatic carbocycles. The third kappa shape index (κ3) is 32.2. The molecule has 0 saturated heterocycles. The number of rotatable bonds is 34. The van der Waals surface area contributed by atoms with Gasteiger partial charge in [0, 0.05) is 5.25 Å². The molecule has 274 valence electrons. The van der Waals surface area contributed by atoms with E-state index in [1.165, 1.54) is 178 Å². The highest BCUT2D eigenvalue weighted by Gasteiger charge is 2.16. The van der Waals surface area contributed by atoms with E-state index in [4.69, 9.17) is 0 Å². The van der Waals surface area contributed by atoms with Crippen LogP contribution in [0.1, 0.15) is 228 Å². The van der Waals surface area contributed by atoms with Gasteiger partial charge in [-0.15, -0.1) is 0 Å². The lowest BCUT2D eigenvalue weighted by Crippen LogP contribution is -2.47. The molecule has 0 aliphatic heterocycles. The van der Waals surface area contributed by atoms with E-state index >= 15 is 0 Å². The Labute approximate surface area is 286 Å². The average molecular weight is 660 g/mol. The summed E-state index contributed by atoms with van der Waals surface area (Å²) in [6, 6.07) is 0. The van der Waals surface area contributed by atoms with Gasteiger partial charge in [-0.1, -0.05) is 187 Å². The van der Waals surface area contributed by atoms with Gasteiger partial charge in [0.25, 0.3) is 0 Å². The van der Waals surface area contributed by atoms with Gasteiger partial charge in [0.05, 0.1) is 36.3 Å². The number of quaternary nitrogens is 1. The van der Waals surface area contributed by atoms with Gasteiger partial charge in [0.2, 0.25) is 0 Å². The van der Waals surface area contributed by atoms with Gasteiger partial charge in [0.1, 0.15) is 0 Å². The summed E-state index contributed by atoms with van der Waals surface area (Å²) in [7, 11) is -4.15. The predicted molar refractivity (Wildman–Crippen MR) is 201 cm³/mol. The van der Waals surface area contributed by atoms with Gasteiger partial charge >= 0.3 is 0 Å². The van der Waals surface area contributed by atoms with Crippen molar-refractivity contribution in [1.82, 2.24) is 0 Å². The first kappa shape index (κ1) is 47.0. The standard InChI is InChI=1S/C32H66O3S.C8H20N/c1-3-5-7-9-11-13-14-15-16-17-18-19-20-21-23-25-27-29-31-32(36(33,34)35)30-28-26-24-22-12-10-8-6-4-2;1-5-9(6-2,7-3)8-4/h32H,3-31H2,1-2H3,(H,33,34,35);5-8H2,1-4H3/q;+1/p-1. The summed E-state index contributed by atoms with van der Waals surface area (Å²) in [6.45, 7) is 18.7. The van der Waals surface area contributed by atoms with E-state index in [2.05, 4.69) is 41.5 Å². The maximum absolute atomic E-state index is 11.7. The summed E-state index contributed by atoms with van der Waals surface area (Å²) in [4.78, 5) is 0. The molecule has 0 amide bonds. The Morgan fingerprint density at radius 1 is 0.378 bits per heavy atom. The van der Waals surface area contributed by atoms with Crippen LogP contribution in [0.2, 0.25) is 0 Å². The highest BCUT2D eigenvalue weighted by Crippen LogP contribution is 2.20. The second-order valence-electron chi connectivity index (χ2n) is 14.1. The van der Waals surface area contributed by atoms with E-state index in [1.54, 1.807) is 0 Å². The maximum Gasteiger partial charge on any atom is 0.0975 e. The smallest absolute Gasteiger partial charge is 0.0975 e. The minimum absolute atomic E-state index is 0.570. The zero-order valence-electron chi connectivity index (χ0n) is 32.0. The SMILES string of the molecule is CCCCCCCCCCCCCCCCCCCCC(CCCCCCCCCCC)S(=O)(=O)[O-].CC[N+](CC)(CC)CC. The van der Waals surface area contributed by atoms with Gasteiger partial charge in [-0.3, -0.25) is 0 Å². The molecule has 0 aromatic heterocycles. The Morgan fingerprint density at radius 2 is 0.578 bits per heavy atom. The van der Waals surface area contributed by atoms with Crippen LogP contribution in [0, 0.1) is 0 Å². The van der Waals surface area contributed by atoms with E-state index in [1.807, 2.05) is 0 Å². The molecule has 5 heteroatoms. The van der Waals surface area contributed by atoms with Crippen molar-refractivity contribution in [3.05, 3.63) is 0 Å². The van der Waals surface area contributed by atoms with Gasteiger partial charge in [-0.05, 0) is 40.5 Å². The van der Waals surface area contributed by atoms with Gasteiger partial charge in [0.15, 0.2) is 0 Å². The average Bonchev–Trinajstić information content (AvgIpc) is 3.03. The summed E-state index contributed by atoms with van der Waals surface area (Å²) in [5.74, 6) is 0. The first-order valence-electron chi connectivity index (χ1n) is 20.6. The van der Waals surface area contributed by atoms with Crippen molar-refractivity contribution in [2.45, 2.75) is 233 Å². The molecule has 0 aromatic rings. The Hall–Kier alpha value is -0.130. The fourth-order valence-electron chi connectivity index (χ4n) is 6.73. The van der Waals surface area contributed by atoms with Crippen LogP contribution in [-0.2, 0) is 10.1 Å². The summed E-state index contributed by atoms with van der Waals surface area (Å²) >= 11 is 0. The third-order valence-electron chi connectivity index (χ3n) is 10.6. The van der Waals surface area contributed by atoms with Crippen molar-refractivity contribution >= 4 is 10.1 Å². The lowest BCUT2D eigenvalue weighted by atomic mass is 10.0. The van der Waals surface area contributed by atoms with Crippen LogP contribution in [0.5, 0.6) is 0 Å². The van der Waals surface area contributed by atoms with Crippen molar-refractivity contribution in [3.8, 4) is 0 Å². The molecule has 0 rings (SSSR count). The Kier molecular flexibility index (Phi) is 36.7. The fourth-order valence-corrected chi connectivity index (χ4v) is 7.64. The molecular formula is C40H85NO3S. The Morgan fingerprint density at radius 3 is 0.733 bits per heavy atom. The molecule has 0 saturated carbocycles. The highest BCUT2D eigenvalue weighted by atomic mass is 32.2. The van der Waals surface area contributed by atoms with Crippen LogP contribution in [0.3, 0.4) is 0 Å². The van der Waals surface area contributed by atoms with Gasteiger partial charge in [-0.25, -0.2) is 8.42 Å². The van der Waals surface area contributed by atoms with Crippen molar-refractivity contribution in [2.24, 2.45) is 0 Å². The van der Waals surface area contributed by atoms with E-state index in [-0.39, 0.29) is 0 Å². The van der Waals surface area contributed by atoms with E-state index in [0.29, 0.717) is 12.8 Å². The van der Waals surface area contributed by atoms with Crippen LogP contribution < -0.4 is 0 Å². The quantitative estimate of drug-likeness (QED) is 0.0392. The summed E-state index contributed by atoms with van der Waals surface area (Å²) in [5, 5.41) is -0.650. The molecule has 0 N–H and O–H groups in total. The third-order valence-corrected chi connectivity index (χ3v) is 11.9. The molecule has 4 nitrogen and oxygen atoms in total. The second-order valence-corrected chi connectivity index (χ2v) is 15.8. The topological polar surface area (TPSA) is 57.2 Å². The van der Waals surface area contributed by atoms with Gasteiger partial charge in [-0.2, -0.15) is 0 Å². The molecule has 0 radical (unpaired) electrons. The van der Waals surface area contributed by atoms with E-state index < -0.39 is 15.4 Å². The molecule has 0 heterocycles. The largest absolute Gasteiger partial charge is 0.748 e. The number of unbranched alkanes of at least 4 members (excludes halogenated alkanes) is 25. The minimum Gasteiger partial charge on any atom is -0.748 e. The van der Waals surface area contributed by atoms with Crippen molar-refractivity contribution in [1.29, 1.82) is 0 Å². The molecule has 0 aliphatic carbocycles. The summed E-state index contributed by atoms with van der Waals surface area (Å²) < 4.78 is 36.2. The number of hydrogen-bond donors (Lipinski definition) is 0. The lowest BCUT2D eigenvalue weighted by Gasteiger charge is -2.34. The van der Waals surface area contributed by atoms with E-state index in [9.17, 15) is 13.0 Å². The fraction of sp³-hybridized carbons (Fsp3) is 1.00. The Bertz CT molecular complexity index is 645. The monoisotopic (exact) mass is 660 g/mol. The highest BCUT2D eigenvalue weighted by molar-refractivity contribution is 7.86. The van der Waals surface area contributed by atoms with Gasteiger partial charge < -0.3 is 9.04 Å². The molecule has 1 unspecified atom stereocenters. The first-order valence-corrected chi connectivity index (χ1v) is 22.0. The minimum atomic E-state index is -4.15. The molecule has 45 heavy (non-hydrogen) atoms. The zero-order valence-corrected chi connectivity index (χ0v) is 32.8. The van der Waals surface area contributed by atoms with Crippen LogP contribution >= 0.6 is 0 Å². The lowest BCUT2D eigenvalue weighted by molar-refractivity contribution is -0.921. The molecule has 0 fully saturated rings. The van der Waals surface area contributed by atoms with E-state index in [0.717, 1.165) is 25.7 Å². The molecule has 0 spiro atoms. The molecule has 1 atom stereocenters. The van der Waals surface area contributed by atoms with Crippen LogP contribution in [0.15, 0.2) is 0 Å². The zero-order chi connectivity index (χ0) is 33.9. The van der Waals surface area contributed by atoms with Crippen LogP contribution in [0.4, 0.5) is 0 Å². The maximum atomic E-state index is 11.7. The second kappa shape index (κ2) is 35.2. The van der Waals surface area contributed by atoms with Crippen molar-refractivity contribution < 1.29 is 17.5 Å². The predicted octanol–water partition coefficient (Wildman–Crippen LogP) is 13.1. The summed E-state index contributed by atoms with van der Waals surface area (Å²) in [5.41, 5.74) is 0. The molecular weight excluding hydrogens is 575 g/mol. The Balaban J connectivity index is 0. The molecule has 0 bridgehead atoms. The van der Waals surface area contributed by atoms with Crippen molar-refractivity contribution in [2.75, 3.05) is 26.2 Å². The van der Waals surface area contributed by atoms with Crippen molar-refractivity contribution in [3.63, 3.8) is 0 Å². The normalized spacial score (nSPS) is 12.7. The number of hydrogen-bond acceptors (Lipinski definition) is 3. The molecule has 0 aliphatic rings. The first-order chi connectivity index (χ1) is 21.8. The number of nitrogens with zero attached hydrogens (tertiary/aromatic N) is 1.